The van der Waals surface area contributed by atoms with Crippen molar-refractivity contribution in [1.82, 2.24) is 0 Å². The van der Waals surface area contributed by atoms with Crippen LogP contribution in [0.25, 0.3) is 0 Å². The van der Waals surface area contributed by atoms with Crippen LogP contribution in [0.5, 0.6) is 0 Å². The first kappa shape index (κ1) is 29.3. The normalized spacial score (nSPS) is 14.0. The Kier molecular flexibility index (Phi) is 18.6. The number of aliphatic hydroxyl groups is 1. The number of hydrogen-bond acceptors (Lipinski definition) is 6. The molecule has 0 rings (SSSR count). The van der Waals surface area contributed by atoms with Crippen molar-refractivity contribution in [1.29, 1.82) is 0 Å². The van der Waals surface area contributed by atoms with Crippen LogP contribution in [0.3, 0.4) is 0 Å². The molecule has 0 aromatic rings. The number of carbonyl (C=O) groups is 1. The quantitative estimate of drug-likeness (QED) is 0.217. The number of carboxylic acids is 1. The summed E-state index contributed by atoms with van der Waals surface area (Å²) in [5.41, 5.74) is 0. The van der Waals surface area contributed by atoms with E-state index in [1.54, 1.807) is 0 Å². The standard InChI is InChI=1S/C22H44O7S/c1-3-4-5-6-7-8-9-10-11-12-13-14-15-16-17-20(22(24)25)18-21(23)19-29-30(26,27)28-2/h20-21,23H,3-19H2,1-2H3,(H,24,25). The van der Waals surface area contributed by atoms with E-state index < -0.39 is 35.0 Å². The molecule has 0 saturated heterocycles. The summed E-state index contributed by atoms with van der Waals surface area (Å²) in [7, 11) is -3.16. The Morgan fingerprint density at radius 1 is 0.833 bits per heavy atom. The van der Waals surface area contributed by atoms with Crippen LogP contribution in [0, 0.1) is 5.92 Å². The maximum atomic E-state index is 11.4. The highest BCUT2D eigenvalue weighted by Gasteiger charge is 2.23. The van der Waals surface area contributed by atoms with Gasteiger partial charge in [-0.25, -0.2) is 4.18 Å². The molecular weight excluding hydrogens is 408 g/mol. The van der Waals surface area contributed by atoms with Gasteiger partial charge in [0, 0.05) is 0 Å². The van der Waals surface area contributed by atoms with Crippen molar-refractivity contribution in [2.24, 2.45) is 5.92 Å². The molecule has 2 N–H and O–H groups in total. The zero-order chi connectivity index (χ0) is 22.7. The molecule has 0 bridgehead atoms. The van der Waals surface area contributed by atoms with Gasteiger partial charge < -0.3 is 10.2 Å². The molecule has 30 heavy (non-hydrogen) atoms. The minimum Gasteiger partial charge on any atom is -0.481 e. The molecule has 0 aromatic carbocycles. The van der Waals surface area contributed by atoms with Crippen LogP contribution < -0.4 is 0 Å². The lowest BCUT2D eigenvalue weighted by molar-refractivity contribution is -0.143. The van der Waals surface area contributed by atoms with Crippen LogP contribution in [0.2, 0.25) is 0 Å². The molecule has 0 aliphatic carbocycles. The van der Waals surface area contributed by atoms with Crippen LogP contribution >= 0.6 is 0 Å². The van der Waals surface area contributed by atoms with E-state index in [2.05, 4.69) is 15.3 Å². The Balaban J connectivity index is 3.67. The summed E-state index contributed by atoms with van der Waals surface area (Å²) in [5, 5.41) is 19.1. The van der Waals surface area contributed by atoms with E-state index in [0.717, 1.165) is 26.4 Å². The lowest BCUT2D eigenvalue weighted by atomic mass is 9.94. The lowest BCUT2D eigenvalue weighted by Crippen LogP contribution is -2.26. The zero-order valence-electron chi connectivity index (χ0n) is 19.0. The Bertz CT molecular complexity index is 508. The number of carboxylic acid groups (broad SMARTS) is 1. The maximum absolute atomic E-state index is 11.4. The highest BCUT2D eigenvalue weighted by Crippen LogP contribution is 2.19. The molecule has 0 aliphatic rings. The number of aliphatic hydroxyl groups excluding tert-OH is 1. The molecular formula is C22H44O7S. The van der Waals surface area contributed by atoms with Gasteiger partial charge in [-0.05, 0) is 12.8 Å². The van der Waals surface area contributed by atoms with Gasteiger partial charge >= 0.3 is 16.4 Å². The molecule has 8 heteroatoms. The summed E-state index contributed by atoms with van der Waals surface area (Å²) >= 11 is 0. The average molecular weight is 453 g/mol. The fourth-order valence-electron chi connectivity index (χ4n) is 3.53. The maximum Gasteiger partial charge on any atom is 0.399 e. The number of unbranched alkanes of at least 4 members (excludes halogenated alkanes) is 13. The fourth-order valence-corrected chi connectivity index (χ4v) is 3.95. The smallest absolute Gasteiger partial charge is 0.399 e. The number of hydrogen-bond donors (Lipinski definition) is 2. The summed E-state index contributed by atoms with van der Waals surface area (Å²) < 4.78 is 30.7. The van der Waals surface area contributed by atoms with Crippen LogP contribution in [-0.4, -0.2) is 44.4 Å². The van der Waals surface area contributed by atoms with E-state index in [1.165, 1.54) is 70.6 Å². The summed E-state index contributed by atoms with van der Waals surface area (Å²) in [5.74, 6) is -1.68. The van der Waals surface area contributed by atoms with E-state index in [9.17, 15) is 23.4 Å². The first-order valence-corrected chi connectivity index (χ1v) is 13.0. The van der Waals surface area contributed by atoms with E-state index in [4.69, 9.17) is 0 Å². The second kappa shape index (κ2) is 19.0. The SMILES string of the molecule is CCCCCCCCCCCCCCCCC(CC(O)COS(=O)(=O)OC)C(=O)O. The van der Waals surface area contributed by atoms with Gasteiger partial charge in [0.05, 0.1) is 25.7 Å². The van der Waals surface area contributed by atoms with E-state index >= 15 is 0 Å². The van der Waals surface area contributed by atoms with Crippen molar-refractivity contribution in [3.8, 4) is 0 Å². The predicted octanol–water partition coefficient (Wildman–Crippen LogP) is 5.22. The molecule has 0 radical (unpaired) electrons. The Hall–Kier alpha value is -0.700. The minimum absolute atomic E-state index is 0.0347. The van der Waals surface area contributed by atoms with E-state index in [1.807, 2.05) is 0 Å². The van der Waals surface area contributed by atoms with Crippen molar-refractivity contribution >= 4 is 16.4 Å². The Morgan fingerprint density at radius 3 is 1.67 bits per heavy atom. The van der Waals surface area contributed by atoms with Crippen LogP contribution in [0.4, 0.5) is 0 Å². The molecule has 180 valence electrons. The molecule has 0 aliphatic heterocycles. The third-order valence-corrected chi connectivity index (χ3v) is 6.25. The molecule has 0 spiro atoms. The second-order valence-electron chi connectivity index (χ2n) is 8.17. The highest BCUT2D eigenvalue weighted by molar-refractivity contribution is 7.81. The minimum atomic E-state index is -4.12. The zero-order valence-corrected chi connectivity index (χ0v) is 19.8. The van der Waals surface area contributed by atoms with Crippen LogP contribution in [0.1, 0.15) is 110 Å². The first-order chi connectivity index (χ1) is 14.3. The largest absolute Gasteiger partial charge is 0.481 e. The molecule has 0 fully saturated rings. The molecule has 2 unspecified atom stereocenters. The van der Waals surface area contributed by atoms with Crippen molar-refractivity contribution < 1.29 is 31.8 Å². The first-order valence-electron chi connectivity index (χ1n) is 11.7. The average Bonchev–Trinajstić information content (AvgIpc) is 2.71. The molecule has 0 amide bonds. The predicted molar refractivity (Wildman–Crippen MR) is 119 cm³/mol. The molecule has 0 saturated carbocycles. The Labute approximate surface area is 183 Å². The van der Waals surface area contributed by atoms with Gasteiger partial charge in [-0.2, -0.15) is 8.42 Å². The van der Waals surface area contributed by atoms with Gasteiger partial charge in [-0.1, -0.05) is 96.8 Å². The van der Waals surface area contributed by atoms with Crippen LogP contribution in [0.15, 0.2) is 0 Å². The van der Waals surface area contributed by atoms with Crippen molar-refractivity contribution in [2.75, 3.05) is 13.7 Å². The molecule has 0 aromatic heterocycles. The van der Waals surface area contributed by atoms with Gasteiger partial charge in [-0.3, -0.25) is 8.98 Å². The van der Waals surface area contributed by atoms with Crippen molar-refractivity contribution in [2.45, 2.75) is 116 Å². The van der Waals surface area contributed by atoms with E-state index in [0.29, 0.717) is 6.42 Å². The summed E-state index contributed by atoms with van der Waals surface area (Å²) in [4.78, 5) is 11.4. The van der Waals surface area contributed by atoms with Crippen LogP contribution in [-0.2, 0) is 23.6 Å². The number of rotatable bonds is 22. The fraction of sp³-hybridized carbons (Fsp3) is 0.955. The van der Waals surface area contributed by atoms with E-state index in [-0.39, 0.29) is 6.42 Å². The molecule has 0 heterocycles. The van der Waals surface area contributed by atoms with Crippen molar-refractivity contribution in [3.63, 3.8) is 0 Å². The Morgan fingerprint density at radius 2 is 1.27 bits per heavy atom. The second-order valence-corrected chi connectivity index (χ2v) is 9.55. The van der Waals surface area contributed by atoms with Crippen molar-refractivity contribution in [3.05, 3.63) is 0 Å². The number of aliphatic carboxylic acids is 1. The summed E-state index contributed by atoms with van der Waals surface area (Å²) in [6.07, 6.45) is 16.6. The third-order valence-electron chi connectivity index (χ3n) is 5.42. The van der Waals surface area contributed by atoms with Gasteiger partial charge in [0.25, 0.3) is 0 Å². The topological polar surface area (TPSA) is 110 Å². The molecule has 7 nitrogen and oxygen atoms in total. The monoisotopic (exact) mass is 452 g/mol. The summed E-state index contributed by atoms with van der Waals surface area (Å²) in [6.45, 7) is 1.74. The third kappa shape index (κ3) is 18.1. The van der Waals surface area contributed by atoms with Gasteiger partial charge in [0.2, 0.25) is 0 Å². The molecule has 2 atom stereocenters. The highest BCUT2D eigenvalue weighted by atomic mass is 32.3. The van der Waals surface area contributed by atoms with Gasteiger partial charge in [-0.15, -0.1) is 0 Å². The van der Waals surface area contributed by atoms with Gasteiger partial charge in [0.15, 0.2) is 0 Å². The summed E-state index contributed by atoms with van der Waals surface area (Å²) in [6, 6.07) is 0. The van der Waals surface area contributed by atoms with Gasteiger partial charge in [0.1, 0.15) is 0 Å². The lowest BCUT2D eigenvalue weighted by Gasteiger charge is -2.16.